The molecule has 1 saturated heterocycles. The Morgan fingerprint density at radius 2 is 1.70 bits per heavy atom. The zero-order chi connectivity index (χ0) is 26.6. The average Bonchev–Trinajstić information content (AvgIpc) is 2.89. The molecule has 8 nitrogen and oxygen atoms in total. The molecule has 0 unspecified atom stereocenters. The van der Waals surface area contributed by atoms with Gasteiger partial charge in [-0.2, -0.15) is 0 Å². The van der Waals surface area contributed by atoms with Crippen LogP contribution in [0, 0.1) is 12.8 Å². The number of sulfonamides is 1. The summed E-state index contributed by atoms with van der Waals surface area (Å²) in [7, 11) is -3.88. The average molecular weight is 524 g/mol. The number of ether oxygens (including phenoxy) is 1. The van der Waals surface area contributed by atoms with Crippen LogP contribution in [0.5, 0.6) is 0 Å². The number of nitrogens with one attached hydrogen (secondary N) is 2. The van der Waals surface area contributed by atoms with Gasteiger partial charge in [0.2, 0.25) is 10.0 Å². The van der Waals surface area contributed by atoms with Gasteiger partial charge in [-0.25, -0.2) is 17.9 Å². The van der Waals surface area contributed by atoms with Crippen LogP contribution in [0.1, 0.15) is 42.6 Å². The van der Waals surface area contributed by atoms with Gasteiger partial charge < -0.3 is 15.0 Å². The second-order valence-electron chi connectivity index (χ2n) is 9.26. The zero-order valence-electron chi connectivity index (χ0n) is 21.4. The molecule has 2 amide bonds. The van der Waals surface area contributed by atoms with Crippen molar-refractivity contribution >= 4 is 38.5 Å². The smallest absolute Gasteiger partial charge is 0.409 e. The monoisotopic (exact) mass is 523 g/mol. The lowest BCUT2D eigenvalue weighted by molar-refractivity contribution is 0.0811. The highest BCUT2D eigenvalue weighted by Gasteiger charge is 2.34. The fourth-order valence-corrected chi connectivity index (χ4v) is 6.43. The summed E-state index contributed by atoms with van der Waals surface area (Å²) in [6.07, 6.45) is 0.851. The molecule has 0 aliphatic carbocycles. The number of anilines is 1. The molecule has 1 fully saturated rings. The van der Waals surface area contributed by atoms with Crippen LogP contribution in [0.25, 0.3) is 10.8 Å². The van der Waals surface area contributed by atoms with Crippen molar-refractivity contribution in [3.05, 3.63) is 71.8 Å². The Balaban J connectivity index is 1.59. The number of fused-ring (bicyclic) bond motifs is 1. The summed E-state index contributed by atoms with van der Waals surface area (Å²) in [4.78, 5) is 26.9. The van der Waals surface area contributed by atoms with Gasteiger partial charge in [-0.3, -0.25) is 4.79 Å². The molecule has 9 heteroatoms. The molecule has 37 heavy (non-hydrogen) atoms. The van der Waals surface area contributed by atoms with Gasteiger partial charge in [0.1, 0.15) is 0 Å². The van der Waals surface area contributed by atoms with E-state index in [0.717, 1.165) is 5.56 Å². The van der Waals surface area contributed by atoms with Gasteiger partial charge in [-0.05, 0) is 49.9 Å². The summed E-state index contributed by atoms with van der Waals surface area (Å²) in [5, 5.41) is 4.10. The Morgan fingerprint density at radius 3 is 2.41 bits per heavy atom. The number of carbonyl (C=O) groups is 2. The van der Waals surface area contributed by atoms with Crippen LogP contribution < -0.4 is 10.0 Å². The van der Waals surface area contributed by atoms with Crippen LogP contribution in [-0.4, -0.2) is 51.1 Å². The molecule has 0 radical (unpaired) electrons. The van der Waals surface area contributed by atoms with E-state index in [4.69, 9.17) is 4.74 Å². The van der Waals surface area contributed by atoms with E-state index in [1.54, 1.807) is 42.2 Å². The number of hydrogen-bond donors (Lipinski definition) is 2. The molecule has 3 aromatic carbocycles. The van der Waals surface area contributed by atoms with Crippen molar-refractivity contribution in [2.45, 2.75) is 44.6 Å². The molecule has 2 N–H and O–H groups in total. The van der Waals surface area contributed by atoms with Crippen molar-refractivity contribution in [1.29, 1.82) is 0 Å². The standard InChI is InChI=1S/C28H33N3O5S/c1-4-20-18-31(28(33)36-5-2)17-16-24(20)30-37(34,35)26-15-14-25(22-12-8-9-13-23(22)26)29-27(32)21-11-7-6-10-19(21)3/h6-15,20,24,30H,4-5,16-18H2,1-3H3,(H,29,32)/t20-,24-/m0/s1. The number of likely N-dealkylation sites (tertiary alicyclic amines) is 1. The summed E-state index contributed by atoms with van der Waals surface area (Å²) in [5.41, 5.74) is 1.95. The Bertz CT molecular complexity index is 1410. The van der Waals surface area contributed by atoms with Gasteiger partial charge in [-0.1, -0.05) is 55.8 Å². The molecular formula is C28H33N3O5S. The SMILES string of the molecule is CCOC(=O)N1CC[C@H](NS(=O)(=O)c2ccc(NC(=O)c3ccccc3C)c3ccccc23)[C@@H](CC)C1. The maximum absolute atomic E-state index is 13.6. The third kappa shape index (κ3) is 5.78. The predicted octanol–water partition coefficient (Wildman–Crippen LogP) is 4.94. The summed E-state index contributed by atoms with van der Waals surface area (Å²) in [5.74, 6) is -0.289. The summed E-state index contributed by atoms with van der Waals surface area (Å²) >= 11 is 0. The first-order valence-electron chi connectivity index (χ1n) is 12.6. The van der Waals surface area contributed by atoms with E-state index in [0.29, 0.717) is 54.6 Å². The van der Waals surface area contributed by atoms with Crippen molar-refractivity contribution < 1.29 is 22.7 Å². The van der Waals surface area contributed by atoms with E-state index in [2.05, 4.69) is 10.0 Å². The molecule has 0 spiro atoms. The van der Waals surface area contributed by atoms with Crippen LogP contribution in [0.4, 0.5) is 10.5 Å². The molecule has 196 valence electrons. The highest BCUT2D eigenvalue weighted by atomic mass is 32.2. The van der Waals surface area contributed by atoms with E-state index in [1.807, 2.05) is 38.1 Å². The fraction of sp³-hybridized carbons (Fsp3) is 0.357. The second-order valence-corrected chi connectivity index (χ2v) is 10.9. The number of carbonyl (C=O) groups excluding carboxylic acids is 2. The minimum Gasteiger partial charge on any atom is -0.450 e. The number of rotatable bonds is 7. The first-order chi connectivity index (χ1) is 17.7. The number of nitrogens with zero attached hydrogens (tertiary/aromatic N) is 1. The van der Waals surface area contributed by atoms with Gasteiger partial charge in [0.15, 0.2) is 0 Å². The van der Waals surface area contributed by atoms with E-state index in [-0.39, 0.29) is 28.9 Å². The third-order valence-electron chi connectivity index (χ3n) is 6.90. The molecule has 0 bridgehead atoms. The molecule has 1 aliphatic heterocycles. The van der Waals surface area contributed by atoms with E-state index < -0.39 is 10.0 Å². The van der Waals surface area contributed by atoms with Crippen molar-refractivity contribution in [1.82, 2.24) is 9.62 Å². The lowest BCUT2D eigenvalue weighted by Crippen LogP contribution is -2.52. The number of benzene rings is 3. The Morgan fingerprint density at radius 1 is 1.00 bits per heavy atom. The quantitative estimate of drug-likeness (QED) is 0.457. The zero-order valence-corrected chi connectivity index (χ0v) is 22.2. The highest BCUT2D eigenvalue weighted by molar-refractivity contribution is 7.89. The number of aryl methyl sites for hydroxylation is 1. The molecule has 0 aromatic heterocycles. The molecular weight excluding hydrogens is 490 g/mol. The minimum atomic E-state index is -3.88. The van der Waals surface area contributed by atoms with Crippen LogP contribution in [0.15, 0.2) is 65.6 Å². The summed E-state index contributed by atoms with van der Waals surface area (Å²) < 4.78 is 35.2. The minimum absolute atomic E-state index is 0.0353. The number of piperidine rings is 1. The second kappa shape index (κ2) is 11.3. The Hall–Kier alpha value is -3.43. The van der Waals surface area contributed by atoms with E-state index in [9.17, 15) is 18.0 Å². The first-order valence-corrected chi connectivity index (χ1v) is 14.1. The predicted molar refractivity (Wildman–Crippen MR) is 144 cm³/mol. The van der Waals surface area contributed by atoms with E-state index >= 15 is 0 Å². The van der Waals surface area contributed by atoms with Crippen LogP contribution >= 0.6 is 0 Å². The molecule has 2 atom stereocenters. The lowest BCUT2D eigenvalue weighted by Gasteiger charge is -2.37. The molecule has 0 saturated carbocycles. The highest BCUT2D eigenvalue weighted by Crippen LogP contribution is 2.31. The number of amides is 2. The Labute approximate surface area is 218 Å². The maximum atomic E-state index is 13.6. The van der Waals surface area contributed by atoms with Gasteiger partial charge in [-0.15, -0.1) is 0 Å². The van der Waals surface area contributed by atoms with Gasteiger partial charge in [0.05, 0.1) is 11.5 Å². The third-order valence-corrected chi connectivity index (χ3v) is 8.45. The van der Waals surface area contributed by atoms with Crippen molar-refractivity contribution in [3.8, 4) is 0 Å². The van der Waals surface area contributed by atoms with Crippen LogP contribution in [0.3, 0.4) is 0 Å². The molecule has 1 aliphatic rings. The molecule has 3 aromatic rings. The van der Waals surface area contributed by atoms with Gasteiger partial charge in [0, 0.05) is 41.2 Å². The first kappa shape index (κ1) is 26.6. The number of hydrogen-bond acceptors (Lipinski definition) is 5. The summed E-state index contributed by atoms with van der Waals surface area (Å²) in [6, 6.07) is 17.3. The normalized spacial score (nSPS) is 18.0. The molecule has 4 rings (SSSR count). The van der Waals surface area contributed by atoms with Crippen molar-refractivity contribution in [2.24, 2.45) is 5.92 Å². The largest absolute Gasteiger partial charge is 0.450 e. The topological polar surface area (TPSA) is 105 Å². The van der Waals surface area contributed by atoms with Crippen molar-refractivity contribution in [2.75, 3.05) is 25.0 Å². The van der Waals surface area contributed by atoms with Crippen LogP contribution in [-0.2, 0) is 14.8 Å². The molecule has 1 heterocycles. The fourth-order valence-electron chi connectivity index (χ4n) is 4.88. The maximum Gasteiger partial charge on any atom is 0.409 e. The van der Waals surface area contributed by atoms with Crippen LogP contribution in [0.2, 0.25) is 0 Å². The van der Waals surface area contributed by atoms with E-state index in [1.165, 1.54) is 6.07 Å². The summed E-state index contributed by atoms with van der Waals surface area (Å²) in [6.45, 7) is 6.79. The van der Waals surface area contributed by atoms with Crippen molar-refractivity contribution in [3.63, 3.8) is 0 Å². The van der Waals surface area contributed by atoms with Gasteiger partial charge >= 0.3 is 6.09 Å². The Kier molecular flexibility index (Phi) is 8.14. The lowest BCUT2D eigenvalue weighted by atomic mass is 9.91. The van der Waals surface area contributed by atoms with Gasteiger partial charge in [0.25, 0.3) is 5.91 Å².